The first-order valence-electron chi connectivity index (χ1n) is 7.79. The molecule has 0 unspecified atom stereocenters. The van der Waals surface area contributed by atoms with E-state index in [-0.39, 0.29) is 0 Å². The smallest absolute Gasteiger partial charge is 0.240 e. The van der Waals surface area contributed by atoms with E-state index in [1.807, 2.05) is 12.1 Å². The summed E-state index contributed by atoms with van der Waals surface area (Å²) >= 11 is 0. The molecule has 1 fully saturated rings. The molecule has 0 atom stereocenters. The molecule has 1 saturated carbocycles. The predicted octanol–water partition coefficient (Wildman–Crippen LogP) is 2.65. The Morgan fingerprint density at radius 1 is 1.19 bits per heavy atom. The second-order valence-corrected chi connectivity index (χ2v) is 7.93. The summed E-state index contributed by atoms with van der Waals surface area (Å²) in [5, 5.41) is 3.31. The number of nitrogens with one attached hydrogen (secondary N) is 2. The van der Waals surface area contributed by atoms with Gasteiger partial charge in [0.05, 0.1) is 4.90 Å². The van der Waals surface area contributed by atoms with Gasteiger partial charge in [0, 0.05) is 19.1 Å². The minimum atomic E-state index is -3.36. The molecule has 2 N–H and O–H groups in total. The first-order chi connectivity index (χ1) is 9.97. The third-order valence-electron chi connectivity index (χ3n) is 3.73. The third-order valence-corrected chi connectivity index (χ3v) is 5.20. The minimum absolute atomic E-state index is 0.349. The van der Waals surface area contributed by atoms with Crippen molar-refractivity contribution < 1.29 is 8.42 Å². The molecule has 0 aromatic heterocycles. The van der Waals surface area contributed by atoms with Crippen LogP contribution in [0.25, 0.3) is 0 Å². The van der Waals surface area contributed by atoms with Crippen LogP contribution in [0.3, 0.4) is 0 Å². The van der Waals surface area contributed by atoms with Crippen LogP contribution in [0.5, 0.6) is 0 Å². The van der Waals surface area contributed by atoms with Gasteiger partial charge in [-0.1, -0.05) is 38.8 Å². The first-order valence-corrected chi connectivity index (χ1v) is 9.27. The van der Waals surface area contributed by atoms with Crippen molar-refractivity contribution in [2.24, 2.45) is 5.92 Å². The number of hydrogen-bond acceptors (Lipinski definition) is 3. The van der Waals surface area contributed by atoms with Crippen LogP contribution in [0, 0.1) is 5.92 Å². The molecule has 2 rings (SSSR count). The maximum absolute atomic E-state index is 12.1. The first kappa shape index (κ1) is 16.5. The normalized spacial score (nSPS) is 15.6. The molecule has 0 aliphatic heterocycles. The Balaban J connectivity index is 1.83. The van der Waals surface area contributed by atoms with Gasteiger partial charge in [-0.2, -0.15) is 0 Å². The van der Waals surface area contributed by atoms with Crippen molar-refractivity contribution >= 4 is 10.0 Å². The summed E-state index contributed by atoms with van der Waals surface area (Å²) in [6.45, 7) is 5.47. The Hall–Kier alpha value is -0.910. The van der Waals surface area contributed by atoms with E-state index < -0.39 is 10.0 Å². The van der Waals surface area contributed by atoms with Crippen LogP contribution in [0.1, 0.15) is 45.1 Å². The molecule has 0 saturated heterocycles. The largest absolute Gasteiger partial charge is 0.310 e. The molecule has 21 heavy (non-hydrogen) atoms. The molecular weight excluding hydrogens is 284 g/mol. The predicted molar refractivity (Wildman–Crippen MR) is 85.6 cm³/mol. The van der Waals surface area contributed by atoms with Gasteiger partial charge in [0.1, 0.15) is 0 Å². The highest BCUT2D eigenvalue weighted by Crippen LogP contribution is 2.33. The van der Waals surface area contributed by atoms with Crippen LogP contribution in [0.2, 0.25) is 0 Å². The molecule has 0 amide bonds. The van der Waals surface area contributed by atoms with Crippen molar-refractivity contribution in [3.05, 3.63) is 29.8 Å². The van der Waals surface area contributed by atoms with E-state index in [1.165, 1.54) is 12.8 Å². The van der Waals surface area contributed by atoms with Gasteiger partial charge in [-0.15, -0.1) is 0 Å². The number of sulfonamides is 1. The van der Waals surface area contributed by atoms with Gasteiger partial charge in [0.15, 0.2) is 0 Å². The highest BCUT2D eigenvalue weighted by molar-refractivity contribution is 7.89. The summed E-state index contributed by atoms with van der Waals surface area (Å²) in [5.41, 5.74) is 1.09. The molecule has 1 aromatic carbocycles. The van der Waals surface area contributed by atoms with Crippen molar-refractivity contribution in [3.8, 4) is 0 Å². The fraction of sp³-hybridized carbons (Fsp3) is 0.625. The van der Waals surface area contributed by atoms with Crippen molar-refractivity contribution in [2.75, 3.05) is 6.54 Å². The van der Waals surface area contributed by atoms with Crippen molar-refractivity contribution in [1.82, 2.24) is 10.0 Å². The molecule has 1 aliphatic carbocycles. The summed E-state index contributed by atoms with van der Waals surface area (Å²) < 4.78 is 27.0. The van der Waals surface area contributed by atoms with Gasteiger partial charge >= 0.3 is 0 Å². The second-order valence-electron chi connectivity index (χ2n) is 6.16. The third kappa shape index (κ3) is 5.77. The fourth-order valence-electron chi connectivity index (χ4n) is 2.20. The summed E-state index contributed by atoms with van der Waals surface area (Å²) in [5.74, 6) is 0.849. The molecule has 0 radical (unpaired) electrons. The molecule has 0 heterocycles. The zero-order chi connectivity index (χ0) is 15.3. The van der Waals surface area contributed by atoms with Crippen molar-refractivity contribution in [3.63, 3.8) is 0 Å². The lowest BCUT2D eigenvalue weighted by atomic mass is 10.2. The lowest BCUT2D eigenvalue weighted by Gasteiger charge is -2.10. The Morgan fingerprint density at radius 2 is 1.86 bits per heavy atom. The molecule has 118 valence electrons. The SMILES string of the molecule is CC(C)NCc1ccc(S(=O)(=O)NCCCC2CC2)cc1. The average molecular weight is 310 g/mol. The Kier molecular flexibility index (Phi) is 5.79. The number of benzene rings is 1. The Bertz CT molecular complexity index is 534. The summed E-state index contributed by atoms with van der Waals surface area (Å²) in [4.78, 5) is 0.349. The van der Waals surface area contributed by atoms with Crippen LogP contribution >= 0.6 is 0 Å². The van der Waals surface area contributed by atoms with E-state index in [0.717, 1.165) is 30.9 Å². The van der Waals surface area contributed by atoms with Crippen molar-refractivity contribution in [1.29, 1.82) is 0 Å². The van der Waals surface area contributed by atoms with Crippen LogP contribution in [-0.4, -0.2) is 21.0 Å². The van der Waals surface area contributed by atoms with Crippen molar-refractivity contribution in [2.45, 2.75) is 57.0 Å². The van der Waals surface area contributed by atoms with E-state index >= 15 is 0 Å². The van der Waals surface area contributed by atoms with Crippen LogP contribution < -0.4 is 10.0 Å². The van der Waals surface area contributed by atoms with Gasteiger partial charge in [0.2, 0.25) is 10.0 Å². The highest BCUT2D eigenvalue weighted by atomic mass is 32.2. The summed E-state index contributed by atoms with van der Waals surface area (Å²) in [6.07, 6.45) is 4.71. The van der Waals surface area contributed by atoms with Gasteiger partial charge in [-0.25, -0.2) is 13.1 Å². The summed E-state index contributed by atoms with van der Waals surface area (Å²) in [6, 6.07) is 7.52. The average Bonchev–Trinajstić information content (AvgIpc) is 3.26. The lowest BCUT2D eigenvalue weighted by Crippen LogP contribution is -2.25. The molecule has 1 aliphatic rings. The van der Waals surface area contributed by atoms with E-state index in [4.69, 9.17) is 0 Å². The van der Waals surface area contributed by atoms with Crippen LogP contribution in [0.15, 0.2) is 29.2 Å². The standard InChI is InChI=1S/C16H26N2O2S/c1-13(2)17-12-15-7-9-16(10-8-15)21(19,20)18-11-3-4-14-5-6-14/h7-10,13-14,17-18H,3-6,11-12H2,1-2H3. The molecule has 0 spiro atoms. The van der Waals surface area contributed by atoms with E-state index in [0.29, 0.717) is 17.5 Å². The van der Waals surface area contributed by atoms with Gasteiger partial charge in [-0.3, -0.25) is 0 Å². The van der Waals surface area contributed by atoms with Crippen LogP contribution in [0.4, 0.5) is 0 Å². The van der Waals surface area contributed by atoms with E-state index in [1.54, 1.807) is 12.1 Å². The quantitative estimate of drug-likeness (QED) is 0.689. The van der Waals surface area contributed by atoms with E-state index in [2.05, 4.69) is 23.9 Å². The maximum Gasteiger partial charge on any atom is 0.240 e. The topological polar surface area (TPSA) is 58.2 Å². The molecular formula is C16H26N2O2S. The zero-order valence-corrected chi connectivity index (χ0v) is 13.7. The Labute approximate surface area is 128 Å². The zero-order valence-electron chi connectivity index (χ0n) is 12.9. The lowest BCUT2D eigenvalue weighted by molar-refractivity contribution is 0.572. The minimum Gasteiger partial charge on any atom is -0.310 e. The molecule has 0 bridgehead atoms. The Morgan fingerprint density at radius 3 is 2.43 bits per heavy atom. The number of hydrogen-bond donors (Lipinski definition) is 2. The van der Waals surface area contributed by atoms with Gasteiger partial charge < -0.3 is 5.32 Å². The molecule has 4 nitrogen and oxygen atoms in total. The second kappa shape index (κ2) is 7.38. The van der Waals surface area contributed by atoms with Gasteiger partial charge in [-0.05, 0) is 36.5 Å². The monoisotopic (exact) mass is 310 g/mol. The summed E-state index contributed by atoms with van der Waals surface area (Å²) in [7, 11) is -3.36. The molecule has 1 aromatic rings. The fourth-order valence-corrected chi connectivity index (χ4v) is 3.27. The maximum atomic E-state index is 12.1. The van der Waals surface area contributed by atoms with Gasteiger partial charge in [0.25, 0.3) is 0 Å². The van der Waals surface area contributed by atoms with E-state index in [9.17, 15) is 8.42 Å². The highest BCUT2D eigenvalue weighted by Gasteiger charge is 2.20. The van der Waals surface area contributed by atoms with Crippen LogP contribution in [-0.2, 0) is 16.6 Å². The number of rotatable bonds is 9. The molecule has 5 heteroatoms.